The molecule has 4 heterocycles. The van der Waals surface area contributed by atoms with Crippen LogP contribution in [-0.4, -0.2) is 24.5 Å². The first-order valence-corrected chi connectivity index (χ1v) is 14.4. The Morgan fingerprint density at radius 1 is 0.510 bits per heavy atom. The Hall–Kier alpha value is -5.13. The van der Waals surface area contributed by atoms with Gasteiger partial charge in [-0.1, -0.05) is 35.3 Å². The molecule has 4 aromatic carbocycles. The summed E-state index contributed by atoms with van der Waals surface area (Å²) in [6.45, 7) is 0. The number of benzene rings is 4. The number of rotatable bonds is 7. The summed E-state index contributed by atoms with van der Waals surface area (Å²) < 4.78 is 41.0. The van der Waals surface area contributed by atoms with Crippen molar-refractivity contribution in [1.82, 2.24) is 24.5 Å². The number of ether oxygens (including phenoxy) is 2. The Bertz CT molecular complexity index is 2240. The van der Waals surface area contributed by atoms with E-state index in [1.54, 1.807) is 42.7 Å². The Balaban J connectivity index is 0.00000208. The summed E-state index contributed by atoms with van der Waals surface area (Å²) in [5.41, 5.74) is 3.81. The number of aromatic nitrogens is 5. The number of halogens is 2. The first kappa shape index (κ1) is 33.8. The second-order valence-electron chi connectivity index (χ2n) is 10.3. The van der Waals surface area contributed by atoms with Crippen molar-refractivity contribution in [2.75, 3.05) is 0 Å². The van der Waals surface area contributed by atoms with Crippen molar-refractivity contribution < 1.29 is 59.7 Å². The van der Waals surface area contributed by atoms with Gasteiger partial charge in [-0.3, -0.25) is 0 Å². The minimum atomic E-state index is -0.412. The van der Waals surface area contributed by atoms with Crippen LogP contribution >= 0.6 is 0 Å². The van der Waals surface area contributed by atoms with Crippen LogP contribution < -0.4 is 9.47 Å². The molecule has 4 aromatic heterocycles. The standard InChI is InChI=1S/C38H19F2N5O2.Pd.Pt/c39-26-8-14-34(43-22-26)24-4-1-6-28(18-24)46-30-10-12-32-33-13-11-31(21-37(33)45(36(32)20-30)38-41-16-3-17-42-38)47-29-7-2-5-25(19-29)35-15-9-27(40)23-44-35;;/h1-17,22-23H;;/q-4;2*+2. The Labute approximate surface area is 307 Å². The van der Waals surface area contributed by atoms with Gasteiger partial charge in [-0.25, -0.2) is 18.7 Å². The largest absolute Gasteiger partial charge is 2.00 e. The molecule has 49 heavy (non-hydrogen) atoms. The van der Waals surface area contributed by atoms with E-state index in [2.05, 4.69) is 44.2 Å². The zero-order chi connectivity index (χ0) is 31.7. The molecule has 0 aliphatic rings. The smallest absolute Gasteiger partial charge is 0.503 e. The maximum Gasteiger partial charge on any atom is 2.00 e. The predicted molar refractivity (Wildman–Crippen MR) is 171 cm³/mol. The SMILES string of the molecule is Fc1ccc(-c2[c-]c(Oc3[c-]c4c(cc3)c3ccc(Oc5[c-]c(-c6ccc(F)cn6)ccc5)[c-]c3n4-c3ncccn3)ccc2)nc1.[Pd+2].[Pt+2]. The molecule has 0 aliphatic carbocycles. The molecule has 0 spiro atoms. The van der Waals surface area contributed by atoms with Gasteiger partial charge < -0.3 is 24.0 Å². The van der Waals surface area contributed by atoms with E-state index in [0.717, 1.165) is 23.2 Å². The molecule has 0 N–H and O–H groups in total. The molecule has 0 saturated carbocycles. The number of pyridine rings is 2. The van der Waals surface area contributed by atoms with Crippen molar-refractivity contribution in [2.24, 2.45) is 0 Å². The van der Waals surface area contributed by atoms with Crippen molar-refractivity contribution in [2.45, 2.75) is 0 Å². The van der Waals surface area contributed by atoms with E-state index < -0.39 is 11.6 Å². The maximum atomic E-state index is 13.4. The van der Waals surface area contributed by atoms with Gasteiger partial charge in [0, 0.05) is 35.4 Å². The molecular formula is C38H19F2N5O2PdPt. The fraction of sp³-hybridized carbons (Fsp3) is 0. The molecule has 0 amide bonds. The van der Waals surface area contributed by atoms with Crippen molar-refractivity contribution in [3.8, 4) is 51.5 Å². The van der Waals surface area contributed by atoms with Gasteiger partial charge in [0.25, 0.3) is 0 Å². The Morgan fingerprint density at radius 2 is 0.980 bits per heavy atom. The second kappa shape index (κ2) is 14.6. The first-order valence-electron chi connectivity index (χ1n) is 14.4. The van der Waals surface area contributed by atoms with E-state index in [4.69, 9.17) is 9.47 Å². The predicted octanol–water partition coefficient (Wildman–Crippen LogP) is 8.76. The summed E-state index contributed by atoms with van der Waals surface area (Å²) >= 11 is 0. The summed E-state index contributed by atoms with van der Waals surface area (Å²) in [5, 5.41) is 1.76. The van der Waals surface area contributed by atoms with Gasteiger partial charge in [-0.15, -0.1) is 71.8 Å². The molecular weight excluding hydrogens is 898 g/mol. The summed E-state index contributed by atoms with van der Waals surface area (Å²) in [7, 11) is 0. The fourth-order valence-electron chi connectivity index (χ4n) is 5.17. The molecule has 0 radical (unpaired) electrons. The van der Waals surface area contributed by atoms with E-state index >= 15 is 0 Å². The molecule has 8 rings (SSSR count). The first-order chi connectivity index (χ1) is 23.1. The van der Waals surface area contributed by atoms with Crippen LogP contribution in [0.4, 0.5) is 8.78 Å². The van der Waals surface area contributed by atoms with Gasteiger partial charge in [-0.05, 0) is 29.6 Å². The van der Waals surface area contributed by atoms with Crippen LogP contribution in [0.2, 0.25) is 0 Å². The zero-order valence-corrected chi connectivity index (χ0v) is 28.7. The van der Waals surface area contributed by atoms with Crippen molar-refractivity contribution in [1.29, 1.82) is 0 Å². The third-order valence-electron chi connectivity index (χ3n) is 7.27. The number of hydrogen-bond donors (Lipinski definition) is 0. The molecule has 7 nitrogen and oxygen atoms in total. The van der Waals surface area contributed by atoms with Gasteiger partial charge in [0.1, 0.15) is 11.6 Å². The topological polar surface area (TPSA) is 75.0 Å². The quantitative estimate of drug-likeness (QED) is 0.118. The van der Waals surface area contributed by atoms with Gasteiger partial charge in [0.15, 0.2) is 0 Å². The Kier molecular flexibility index (Phi) is 10.0. The third kappa shape index (κ3) is 7.04. The van der Waals surface area contributed by atoms with Crippen LogP contribution in [0.3, 0.4) is 0 Å². The molecule has 0 bridgehead atoms. The maximum absolute atomic E-state index is 13.4. The van der Waals surface area contributed by atoms with Crippen molar-refractivity contribution in [3.05, 3.63) is 152 Å². The molecule has 0 unspecified atom stereocenters. The van der Waals surface area contributed by atoms with Crippen molar-refractivity contribution >= 4 is 21.8 Å². The summed E-state index contributed by atoms with van der Waals surface area (Å²) in [6, 6.07) is 39.1. The van der Waals surface area contributed by atoms with Crippen molar-refractivity contribution in [3.63, 3.8) is 0 Å². The number of hydrogen-bond acceptors (Lipinski definition) is 6. The van der Waals surface area contributed by atoms with Crippen LogP contribution in [0.1, 0.15) is 0 Å². The molecule has 11 heteroatoms. The van der Waals surface area contributed by atoms with Crippen LogP contribution in [0.25, 0.3) is 50.3 Å². The van der Waals surface area contributed by atoms with Crippen LogP contribution in [0, 0.1) is 35.9 Å². The molecule has 8 aromatic rings. The zero-order valence-electron chi connectivity index (χ0n) is 24.9. The summed E-state index contributed by atoms with van der Waals surface area (Å²) in [6.07, 6.45) is 5.65. The van der Waals surface area contributed by atoms with Crippen LogP contribution in [0.5, 0.6) is 23.0 Å². The molecule has 0 fully saturated rings. The Morgan fingerprint density at radius 3 is 1.43 bits per heavy atom. The van der Waals surface area contributed by atoms with Crippen LogP contribution in [0.15, 0.2) is 116 Å². The monoisotopic (exact) mass is 916 g/mol. The molecule has 0 saturated heterocycles. The normalized spacial score (nSPS) is 10.7. The molecule has 0 aliphatic heterocycles. The number of nitrogens with zero attached hydrogens (tertiary/aromatic N) is 5. The minimum absolute atomic E-state index is 0. The fourth-order valence-corrected chi connectivity index (χ4v) is 5.17. The molecule has 0 atom stereocenters. The minimum Gasteiger partial charge on any atom is -0.503 e. The van der Waals surface area contributed by atoms with Gasteiger partial charge in [0.05, 0.1) is 12.4 Å². The third-order valence-corrected chi connectivity index (χ3v) is 7.27. The molecule has 242 valence electrons. The average Bonchev–Trinajstić information content (AvgIpc) is 3.42. The average molecular weight is 917 g/mol. The number of fused-ring (bicyclic) bond motifs is 3. The summed E-state index contributed by atoms with van der Waals surface area (Å²) in [5.74, 6) is 1.36. The van der Waals surface area contributed by atoms with Gasteiger partial charge in [0.2, 0.25) is 5.95 Å². The van der Waals surface area contributed by atoms with Crippen LogP contribution in [-0.2, 0) is 41.5 Å². The van der Waals surface area contributed by atoms with E-state index in [0.29, 0.717) is 62.5 Å². The van der Waals surface area contributed by atoms with Gasteiger partial charge >= 0.3 is 41.5 Å². The van der Waals surface area contributed by atoms with E-state index in [9.17, 15) is 8.78 Å². The van der Waals surface area contributed by atoms with E-state index in [1.165, 1.54) is 12.1 Å². The second-order valence-corrected chi connectivity index (χ2v) is 10.3. The van der Waals surface area contributed by atoms with E-state index in [-0.39, 0.29) is 41.5 Å². The van der Waals surface area contributed by atoms with E-state index in [1.807, 2.05) is 53.1 Å². The summed E-state index contributed by atoms with van der Waals surface area (Å²) in [4.78, 5) is 17.3. The van der Waals surface area contributed by atoms with Gasteiger partial charge in [-0.2, -0.15) is 22.9 Å².